The van der Waals surface area contributed by atoms with Crippen LogP contribution in [0.1, 0.15) is 123 Å². The van der Waals surface area contributed by atoms with E-state index in [0.29, 0.717) is 17.8 Å². The summed E-state index contributed by atoms with van der Waals surface area (Å²) in [4.78, 5) is 9.27. The van der Waals surface area contributed by atoms with Crippen molar-refractivity contribution < 1.29 is 0 Å². The molecule has 2 rings (SSSR count). The molecule has 2 unspecified atom stereocenters. The van der Waals surface area contributed by atoms with Gasteiger partial charge in [-0.15, -0.1) is 0 Å². The highest BCUT2D eigenvalue weighted by atomic mass is 15.0. The van der Waals surface area contributed by atoms with Gasteiger partial charge >= 0.3 is 0 Å². The maximum atomic E-state index is 4.63. The Morgan fingerprint density at radius 2 is 1.15 bits per heavy atom. The first-order valence-corrected chi connectivity index (χ1v) is 14.2. The summed E-state index contributed by atoms with van der Waals surface area (Å²) in [5, 5.41) is 0. The van der Waals surface area contributed by atoms with Gasteiger partial charge in [-0.05, 0) is 30.2 Å². The van der Waals surface area contributed by atoms with Crippen molar-refractivity contribution in [2.75, 3.05) is 0 Å². The molecule has 0 bridgehead atoms. The molecule has 1 aromatic rings. The molecule has 0 saturated heterocycles. The Morgan fingerprint density at radius 3 is 1.64 bits per heavy atom. The average Bonchev–Trinajstić information content (AvgIpc) is 3.36. The van der Waals surface area contributed by atoms with Gasteiger partial charge in [0.25, 0.3) is 0 Å². The van der Waals surface area contributed by atoms with Gasteiger partial charge in [0, 0.05) is 0 Å². The smallest absolute Gasteiger partial charge is 0.0965 e. The van der Waals surface area contributed by atoms with Crippen LogP contribution in [0.15, 0.2) is 40.3 Å². The molecule has 0 N–H and O–H groups in total. The molecule has 0 aliphatic carbocycles. The van der Waals surface area contributed by atoms with E-state index in [4.69, 9.17) is 0 Å². The summed E-state index contributed by atoms with van der Waals surface area (Å²) in [7, 11) is 0. The predicted molar refractivity (Wildman–Crippen MR) is 147 cm³/mol. The summed E-state index contributed by atoms with van der Waals surface area (Å²) in [5.74, 6) is 1.69. The number of hydrogen-bond acceptors (Lipinski definition) is 2. The fraction of sp³-hybridized carbons (Fsp3) is 0.710. The second kappa shape index (κ2) is 17.8. The van der Waals surface area contributed by atoms with E-state index in [9.17, 15) is 0 Å². The van der Waals surface area contributed by atoms with Crippen LogP contribution in [0.5, 0.6) is 0 Å². The molecule has 1 aliphatic rings. The largest absolute Gasteiger partial charge is 0.244 e. The first-order chi connectivity index (χ1) is 16.2. The number of rotatable bonds is 20. The Labute approximate surface area is 205 Å². The Bertz CT molecular complexity index is 622. The minimum atomic E-state index is 0.470. The average molecular weight is 452 g/mol. The first kappa shape index (κ1) is 27.7. The summed E-state index contributed by atoms with van der Waals surface area (Å²) in [5.41, 5.74) is 1.44. The quantitative estimate of drug-likeness (QED) is 0.139. The van der Waals surface area contributed by atoms with E-state index < -0.39 is 0 Å². The van der Waals surface area contributed by atoms with Gasteiger partial charge in [-0.2, -0.15) is 0 Å². The van der Waals surface area contributed by atoms with Gasteiger partial charge in [0.2, 0.25) is 6.17 Å². The molecule has 0 saturated carbocycles. The Balaban J connectivity index is 1.62. The highest BCUT2D eigenvalue weighted by Crippen LogP contribution is 2.37. The van der Waals surface area contributed by atoms with Gasteiger partial charge in [0.05, 0.1) is 5.92 Å². The van der Waals surface area contributed by atoms with Crippen LogP contribution in [0.25, 0.3) is 0 Å². The highest BCUT2D eigenvalue weighted by Gasteiger charge is 2.36. The molecule has 1 aromatic carbocycles. The Kier molecular flexibility index (Phi) is 15.0. The lowest BCUT2D eigenvalue weighted by Crippen LogP contribution is -2.26. The Morgan fingerprint density at radius 1 is 0.667 bits per heavy atom. The standard InChI is InChI=1S/C31H51N2/c1-4-5-6-7-8-9-10-11-12-13-14-15-16-20-23-29(31-32-24-25-33-31)30(27(2)3)26-28-21-18-17-19-22-28/h17-19,21-22,24-25,27,29-30H,4-16,20,23,26H2,1-3H3/q+1. The molecule has 0 radical (unpaired) electrons. The van der Waals surface area contributed by atoms with E-state index in [1.807, 2.05) is 12.4 Å². The van der Waals surface area contributed by atoms with Crippen LogP contribution in [-0.4, -0.2) is 12.4 Å². The first-order valence-electron chi connectivity index (χ1n) is 14.2. The van der Waals surface area contributed by atoms with E-state index in [-0.39, 0.29) is 0 Å². The van der Waals surface area contributed by atoms with Crippen LogP contribution in [0, 0.1) is 23.9 Å². The Hall–Kier alpha value is -1.57. The van der Waals surface area contributed by atoms with E-state index in [1.54, 1.807) is 0 Å². The summed E-state index contributed by atoms with van der Waals surface area (Å²) >= 11 is 0. The number of unbranched alkanes of at least 4 members (excludes halogenated alkanes) is 13. The van der Waals surface area contributed by atoms with Crippen LogP contribution < -0.4 is 0 Å². The van der Waals surface area contributed by atoms with Crippen LogP contribution in [-0.2, 0) is 6.42 Å². The normalized spacial score (nSPS) is 15.0. The summed E-state index contributed by atoms with van der Waals surface area (Å²) < 4.78 is 0. The SMILES string of the molecule is CCCCCCCCCCCCCCCCC([C+]1N=CC=N1)C(Cc1ccccc1)C(C)C. The number of hydrogen-bond donors (Lipinski definition) is 0. The molecule has 0 spiro atoms. The van der Waals surface area contributed by atoms with Crippen molar-refractivity contribution in [1.82, 2.24) is 0 Å². The summed E-state index contributed by atoms with van der Waals surface area (Å²) in [6.45, 7) is 7.04. The van der Waals surface area contributed by atoms with Gasteiger partial charge in [-0.25, -0.2) is 0 Å². The molecule has 2 nitrogen and oxygen atoms in total. The lowest BCUT2D eigenvalue weighted by molar-refractivity contribution is 0.240. The maximum absolute atomic E-state index is 4.63. The van der Waals surface area contributed by atoms with Gasteiger partial charge in [-0.3, -0.25) is 0 Å². The van der Waals surface area contributed by atoms with Crippen LogP contribution in [0.4, 0.5) is 0 Å². The molecular weight excluding hydrogens is 400 g/mol. The van der Waals surface area contributed by atoms with Crippen molar-refractivity contribution in [3.8, 4) is 0 Å². The number of nitrogens with zero attached hydrogens (tertiary/aromatic N) is 2. The summed E-state index contributed by atoms with van der Waals surface area (Å²) in [6.07, 6.45) is 26.9. The molecular formula is C31H51N2+. The van der Waals surface area contributed by atoms with Gasteiger partial charge < -0.3 is 0 Å². The molecule has 1 aliphatic heterocycles. The third-order valence-electron chi connectivity index (χ3n) is 7.37. The van der Waals surface area contributed by atoms with Crippen molar-refractivity contribution in [3.63, 3.8) is 0 Å². The fourth-order valence-corrected chi connectivity index (χ4v) is 5.27. The van der Waals surface area contributed by atoms with Crippen molar-refractivity contribution in [2.24, 2.45) is 27.7 Å². The molecule has 1 heterocycles. The monoisotopic (exact) mass is 451 g/mol. The minimum Gasteiger partial charge on any atom is -0.0965 e. The molecule has 2 atom stereocenters. The van der Waals surface area contributed by atoms with E-state index in [1.165, 1.54) is 102 Å². The zero-order valence-corrected chi connectivity index (χ0v) is 22.0. The second-order valence-electron chi connectivity index (χ2n) is 10.5. The molecule has 33 heavy (non-hydrogen) atoms. The molecule has 0 fully saturated rings. The van der Waals surface area contributed by atoms with Crippen molar-refractivity contribution >= 4 is 12.4 Å². The number of aliphatic imine (C=N–C) groups is 2. The topological polar surface area (TPSA) is 24.7 Å². The van der Waals surface area contributed by atoms with Gasteiger partial charge in [-0.1, -0.05) is 151 Å². The molecule has 184 valence electrons. The third kappa shape index (κ3) is 11.9. The van der Waals surface area contributed by atoms with E-state index >= 15 is 0 Å². The van der Waals surface area contributed by atoms with Crippen molar-refractivity contribution in [1.29, 1.82) is 0 Å². The van der Waals surface area contributed by atoms with Crippen molar-refractivity contribution in [3.05, 3.63) is 42.1 Å². The lowest BCUT2D eigenvalue weighted by Gasteiger charge is -2.29. The highest BCUT2D eigenvalue weighted by molar-refractivity contribution is 6.18. The van der Waals surface area contributed by atoms with Crippen LogP contribution in [0.3, 0.4) is 0 Å². The van der Waals surface area contributed by atoms with Gasteiger partial charge in [0.15, 0.2) is 12.4 Å². The zero-order valence-electron chi connectivity index (χ0n) is 22.0. The van der Waals surface area contributed by atoms with E-state index in [2.05, 4.69) is 61.1 Å². The predicted octanol–water partition coefficient (Wildman–Crippen LogP) is 9.63. The molecule has 0 aromatic heterocycles. The van der Waals surface area contributed by atoms with Crippen molar-refractivity contribution in [2.45, 2.75) is 124 Å². The number of benzene rings is 1. The third-order valence-corrected chi connectivity index (χ3v) is 7.37. The van der Waals surface area contributed by atoms with E-state index in [0.717, 1.165) is 12.6 Å². The fourth-order valence-electron chi connectivity index (χ4n) is 5.27. The molecule has 2 heteroatoms. The second-order valence-corrected chi connectivity index (χ2v) is 10.5. The molecule has 0 amide bonds. The zero-order chi connectivity index (χ0) is 23.6. The van der Waals surface area contributed by atoms with Crippen LogP contribution >= 0.6 is 0 Å². The minimum absolute atomic E-state index is 0.470. The van der Waals surface area contributed by atoms with Gasteiger partial charge in [0.1, 0.15) is 0 Å². The lowest BCUT2D eigenvalue weighted by atomic mass is 9.75. The maximum Gasteiger partial charge on any atom is 0.244 e. The van der Waals surface area contributed by atoms with Crippen LogP contribution in [0.2, 0.25) is 0 Å². The summed E-state index contributed by atoms with van der Waals surface area (Å²) in [6, 6.07) is 11.0.